The number of ether oxygens (including phenoxy) is 1. The van der Waals surface area contributed by atoms with Crippen LogP contribution in [0.4, 0.5) is 18.0 Å². The van der Waals surface area contributed by atoms with Crippen molar-refractivity contribution in [2.24, 2.45) is 0 Å². The van der Waals surface area contributed by atoms with Crippen LogP contribution in [0.2, 0.25) is 5.15 Å². The van der Waals surface area contributed by atoms with E-state index in [2.05, 4.69) is 4.98 Å². The highest BCUT2D eigenvalue weighted by atomic mass is 35.5. The number of aromatic nitrogens is 2. The molecule has 3 rings (SSSR count). The lowest BCUT2D eigenvalue weighted by Crippen LogP contribution is -2.33. The molecule has 3 aromatic rings. The van der Waals surface area contributed by atoms with Gasteiger partial charge in [0.15, 0.2) is 10.2 Å². The number of rotatable bonds is 3. The molecule has 12 heteroatoms. The highest BCUT2D eigenvalue weighted by Gasteiger charge is 2.33. The number of benzene rings is 1. The Morgan fingerprint density at radius 2 is 1.81 bits per heavy atom. The molecule has 0 aliphatic rings. The van der Waals surface area contributed by atoms with E-state index in [9.17, 15) is 26.4 Å². The summed E-state index contributed by atoms with van der Waals surface area (Å²) in [6.45, 7) is 0. The number of sulfonamides is 1. The molecule has 0 spiro atoms. The van der Waals surface area contributed by atoms with Gasteiger partial charge in [0.05, 0.1) is 5.56 Å². The van der Waals surface area contributed by atoms with Gasteiger partial charge in [0.2, 0.25) is 0 Å². The number of imidazole rings is 1. The molecule has 1 amide bonds. The maximum absolute atomic E-state index is 12.9. The van der Waals surface area contributed by atoms with E-state index in [1.807, 2.05) is 0 Å². The second kappa shape index (κ2) is 6.74. The van der Waals surface area contributed by atoms with Crippen LogP contribution in [0.25, 0.3) is 5.65 Å². The average molecular weight is 420 g/mol. The first-order valence-corrected chi connectivity index (χ1v) is 8.98. The van der Waals surface area contributed by atoms with Crippen molar-refractivity contribution < 1.29 is 31.1 Å². The summed E-state index contributed by atoms with van der Waals surface area (Å²) in [7, 11) is -4.68. The van der Waals surface area contributed by atoms with Gasteiger partial charge in [-0.1, -0.05) is 29.8 Å². The molecule has 1 aromatic carbocycles. The lowest BCUT2D eigenvalue weighted by Gasteiger charge is -2.10. The minimum atomic E-state index is -4.72. The molecule has 0 radical (unpaired) electrons. The minimum Gasteiger partial charge on any atom is -0.410 e. The van der Waals surface area contributed by atoms with E-state index >= 15 is 0 Å². The van der Waals surface area contributed by atoms with Crippen LogP contribution < -0.4 is 9.46 Å². The van der Waals surface area contributed by atoms with Gasteiger partial charge in [-0.25, -0.2) is 14.5 Å². The summed E-state index contributed by atoms with van der Waals surface area (Å²) in [5.41, 5.74) is -1.27. The van der Waals surface area contributed by atoms with E-state index in [1.165, 1.54) is 12.1 Å². The van der Waals surface area contributed by atoms with E-state index in [0.717, 1.165) is 12.1 Å². The number of halogens is 4. The van der Waals surface area contributed by atoms with Crippen LogP contribution in [0.15, 0.2) is 53.7 Å². The minimum absolute atomic E-state index is 0.0637. The van der Waals surface area contributed by atoms with Gasteiger partial charge >= 0.3 is 12.3 Å². The summed E-state index contributed by atoms with van der Waals surface area (Å²) >= 11 is 5.78. The molecule has 0 unspecified atom stereocenters. The second-order valence-corrected chi connectivity index (χ2v) is 7.12. The van der Waals surface area contributed by atoms with Crippen molar-refractivity contribution in [2.45, 2.75) is 11.2 Å². The van der Waals surface area contributed by atoms with Gasteiger partial charge in [-0.3, -0.25) is 4.40 Å². The van der Waals surface area contributed by atoms with Crippen molar-refractivity contribution in [1.29, 1.82) is 0 Å². The Hall–Kier alpha value is -2.79. The Balaban J connectivity index is 1.97. The lowest BCUT2D eigenvalue weighted by atomic mass is 10.3. The van der Waals surface area contributed by atoms with Crippen LogP contribution in [-0.4, -0.2) is 23.9 Å². The van der Waals surface area contributed by atoms with Crippen molar-refractivity contribution in [2.75, 3.05) is 0 Å². The SMILES string of the molecule is O=C(NS(=O)(=O)c1c(Cl)nc2ccc(C(F)(F)F)cn12)Oc1ccccc1. The van der Waals surface area contributed by atoms with Crippen molar-refractivity contribution in [3.63, 3.8) is 0 Å². The van der Waals surface area contributed by atoms with E-state index in [4.69, 9.17) is 16.3 Å². The molecule has 27 heavy (non-hydrogen) atoms. The number of hydrogen-bond donors (Lipinski definition) is 1. The molecule has 0 saturated carbocycles. The third-order valence-corrected chi connectivity index (χ3v) is 5.00. The topological polar surface area (TPSA) is 89.8 Å². The molecule has 142 valence electrons. The number of fused-ring (bicyclic) bond motifs is 1. The fraction of sp³-hybridized carbons (Fsp3) is 0.0667. The monoisotopic (exact) mass is 419 g/mol. The number of nitrogens with zero attached hydrogens (tertiary/aromatic N) is 2. The Bertz CT molecular complexity index is 1110. The van der Waals surface area contributed by atoms with Crippen molar-refractivity contribution >= 4 is 33.4 Å². The average Bonchev–Trinajstić information content (AvgIpc) is 2.89. The second-order valence-electron chi connectivity index (χ2n) is 5.16. The Morgan fingerprint density at radius 1 is 1.15 bits per heavy atom. The van der Waals surface area contributed by atoms with E-state index in [-0.39, 0.29) is 11.4 Å². The highest BCUT2D eigenvalue weighted by Crippen LogP contribution is 2.31. The highest BCUT2D eigenvalue weighted by molar-refractivity contribution is 7.90. The number of hydrogen-bond acceptors (Lipinski definition) is 5. The first kappa shape index (κ1) is 19.0. The smallest absolute Gasteiger partial charge is 0.410 e. The Labute approximate surface area is 155 Å². The van der Waals surface area contributed by atoms with Crippen LogP contribution >= 0.6 is 11.6 Å². The molecule has 0 atom stereocenters. The number of carbonyl (C=O) groups excluding carboxylic acids is 1. The summed E-state index contributed by atoms with van der Waals surface area (Å²) in [4.78, 5) is 15.5. The molecule has 7 nitrogen and oxygen atoms in total. The fourth-order valence-electron chi connectivity index (χ4n) is 2.18. The number of amides is 1. The van der Waals surface area contributed by atoms with Crippen molar-refractivity contribution in [3.8, 4) is 5.75 Å². The van der Waals surface area contributed by atoms with Gasteiger partial charge < -0.3 is 4.74 Å². The number of nitrogens with one attached hydrogen (secondary N) is 1. The first-order chi connectivity index (χ1) is 12.6. The largest absolute Gasteiger partial charge is 0.426 e. The van der Waals surface area contributed by atoms with Crippen LogP contribution in [-0.2, 0) is 16.2 Å². The maximum Gasteiger partial charge on any atom is 0.426 e. The predicted octanol–water partition coefficient (Wildman–Crippen LogP) is 3.48. The van der Waals surface area contributed by atoms with Crippen molar-refractivity contribution in [1.82, 2.24) is 14.1 Å². The Morgan fingerprint density at radius 3 is 2.44 bits per heavy atom. The zero-order chi connectivity index (χ0) is 19.8. The molecule has 0 bridgehead atoms. The quantitative estimate of drug-likeness (QED) is 0.702. The predicted molar refractivity (Wildman–Crippen MR) is 88.0 cm³/mol. The third kappa shape index (κ3) is 3.98. The fourth-order valence-corrected chi connectivity index (χ4v) is 3.69. The maximum atomic E-state index is 12.9. The van der Waals surface area contributed by atoms with Crippen LogP contribution in [0.1, 0.15) is 5.56 Å². The molecule has 0 aliphatic heterocycles. The number of pyridine rings is 1. The molecular formula is C15H9ClF3N3O4S. The van der Waals surface area contributed by atoms with Crippen LogP contribution in [0, 0.1) is 0 Å². The van der Waals surface area contributed by atoms with Gasteiger partial charge in [-0.15, -0.1) is 0 Å². The first-order valence-electron chi connectivity index (χ1n) is 7.12. The standard InChI is InChI=1S/C15H9ClF3N3O4S/c16-12-13(22-8-9(15(17,18)19)6-7-11(22)20-12)27(24,25)21-14(23)26-10-4-2-1-3-5-10/h1-8H,(H,21,23). The number of carbonyl (C=O) groups is 1. The zero-order valence-corrected chi connectivity index (χ0v) is 14.6. The summed E-state index contributed by atoms with van der Waals surface area (Å²) in [6, 6.07) is 9.25. The third-order valence-electron chi connectivity index (χ3n) is 3.29. The van der Waals surface area contributed by atoms with Crippen LogP contribution in [0.3, 0.4) is 0 Å². The molecule has 0 saturated heterocycles. The number of alkyl halides is 3. The van der Waals surface area contributed by atoms with Crippen molar-refractivity contribution in [3.05, 3.63) is 59.4 Å². The Kier molecular flexibility index (Phi) is 4.74. The van der Waals surface area contributed by atoms with Gasteiger partial charge in [-0.05, 0) is 24.3 Å². The van der Waals surface area contributed by atoms with Gasteiger partial charge in [0.1, 0.15) is 11.4 Å². The van der Waals surface area contributed by atoms with Gasteiger partial charge in [0.25, 0.3) is 10.0 Å². The molecule has 2 heterocycles. The van der Waals surface area contributed by atoms with E-state index < -0.39 is 38.0 Å². The van der Waals surface area contributed by atoms with Gasteiger partial charge in [-0.2, -0.15) is 21.6 Å². The zero-order valence-electron chi connectivity index (χ0n) is 13.1. The lowest BCUT2D eigenvalue weighted by molar-refractivity contribution is -0.137. The molecule has 0 fully saturated rings. The number of para-hydroxylation sites is 1. The molecule has 1 N–H and O–H groups in total. The molecular weight excluding hydrogens is 411 g/mol. The summed E-state index contributed by atoms with van der Waals surface area (Å²) in [5, 5.41) is -1.43. The van der Waals surface area contributed by atoms with Gasteiger partial charge in [0, 0.05) is 6.20 Å². The van der Waals surface area contributed by atoms with E-state index in [0.29, 0.717) is 10.6 Å². The van der Waals surface area contributed by atoms with E-state index in [1.54, 1.807) is 22.9 Å². The molecule has 0 aliphatic carbocycles. The van der Waals surface area contributed by atoms with Crippen LogP contribution in [0.5, 0.6) is 5.75 Å². The normalized spacial score (nSPS) is 12.1. The summed E-state index contributed by atoms with van der Waals surface area (Å²) < 4.78 is 70.6. The molecule has 2 aromatic heterocycles. The summed E-state index contributed by atoms with van der Waals surface area (Å²) in [6.07, 6.45) is -5.56. The summed E-state index contributed by atoms with van der Waals surface area (Å²) in [5.74, 6) is 0.0637.